The molecule has 0 amide bonds. The van der Waals surface area contributed by atoms with Crippen LogP contribution in [0.4, 0.5) is 27.6 Å². The van der Waals surface area contributed by atoms with E-state index in [1.165, 1.54) is 18.2 Å². The molecule has 2 aromatic rings. The van der Waals surface area contributed by atoms with E-state index in [1.54, 1.807) is 6.07 Å². The summed E-state index contributed by atoms with van der Waals surface area (Å²) in [5, 5.41) is 11.6. The molecule has 1 aliphatic heterocycles. The molecule has 0 aliphatic carbocycles. The van der Waals surface area contributed by atoms with E-state index in [1.807, 2.05) is 0 Å². The molecule has 3 rings (SSSR count). The van der Waals surface area contributed by atoms with Crippen LogP contribution in [0.1, 0.15) is 29.2 Å². The van der Waals surface area contributed by atoms with Crippen molar-refractivity contribution < 1.29 is 26.7 Å². The highest BCUT2D eigenvalue weighted by Gasteiger charge is 2.36. The molecule has 1 N–H and O–H groups in total. The fourth-order valence-electron chi connectivity index (χ4n) is 2.93. The van der Waals surface area contributed by atoms with Gasteiger partial charge in [-0.25, -0.2) is 8.78 Å². The molecule has 3 nitrogen and oxygen atoms in total. The molecule has 1 fully saturated rings. The number of nitriles is 1. The molecule has 0 spiro atoms. The third-order valence-electron chi connectivity index (χ3n) is 4.16. The second-order valence-electron chi connectivity index (χ2n) is 5.87. The van der Waals surface area contributed by atoms with Crippen LogP contribution in [0.5, 0.6) is 0 Å². The average Bonchev–Trinajstić information content (AvgIpc) is 3.05. The number of halogens is 5. The van der Waals surface area contributed by atoms with Gasteiger partial charge < -0.3 is 10.1 Å². The van der Waals surface area contributed by atoms with E-state index in [9.17, 15) is 22.0 Å². The Labute approximate surface area is 146 Å². The largest absolute Gasteiger partial charge is 0.418 e. The summed E-state index contributed by atoms with van der Waals surface area (Å²) in [4.78, 5) is 0. The first-order valence-corrected chi connectivity index (χ1v) is 7.74. The number of alkyl halides is 3. The van der Waals surface area contributed by atoms with Gasteiger partial charge in [0.05, 0.1) is 23.2 Å². The maximum Gasteiger partial charge on any atom is 0.418 e. The van der Waals surface area contributed by atoms with Crippen LogP contribution in [0.3, 0.4) is 0 Å². The van der Waals surface area contributed by atoms with Gasteiger partial charge in [0.25, 0.3) is 0 Å². The molecule has 136 valence electrons. The van der Waals surface area contributed by atoms with Crippen LogP contribution in [0, 0.1) is 23.0 Å². The third kappa shape index (κ3) is 3.63. The zero-order chi connectivity index (χ0) is 18.9. The molecule has 2 unspecified atom stereocenters. The van der Waals surface area contributed by atoms with Crippen LogP contribution in [-0.4, -0.2) is 12.6 Å². The predicted octanol–water partition coefficient (Wildman–Crippen LogP) is 4.80. The number of ether oxygens (including phenoxy) is 1. The first kappa shape index (κ1) is 18.1. The maximum atomic E-state index is 13.5. The summed E-state index contributed by atoms with van der Waals surface area (Å²) in [6.45, 7) is 0.263. The minimum Gasteiger partial charge on any atom is -0.379 e. The van der Waals surface area contributed by atoms with Crippen molar-refractivity contribution in [2.45, 2.75) is 24.7 Å². The number of nitrogens with one attached hydrogen (secondary N) is 1. The van der Waals surface area contributed by atoms with Gasteiger partial charge in [-0.3, -0.25) is 0 Å². The normalized spacial score (nSPS) is 20.0. The Balaban J connectivity index is 1.90. The van der Waals surface area contributed by atoms with Gasteiger partial charge in [0.15, 0.2) is 11.6 Å². The smallest absolute Gasteiger partial charge is 0.379 e. The first-order chi connectivity index (χ1) is 12.3. The number of nitrogens with zero attached hydrogens (tertiary/aromatic N) is 1. The molecule has 0 aromatic heterocycles. The van der Waals surface area contributed by atoms with E-state index in [0.29, 0.717) is 12.0 Å². The van der Waals surface area contributed by atoms with Crippen LogP contribution in [0.25, 0.3) is 0 Å². The highest BCUT2D eigenvalue weighted by molar-refractivity contribution is 5.57. The van der Waals surface area contributed by atoms with Crippen LogP contribution in [0.2, 0.25) is 0 Å². The quantitative estimate of drug-likeness (QED) is 0.792. The molecular weight excluding hydrogens is 355 g/mol. The minimum atomic E-state index is -4.65. The van der Waals surface area contributed by atoms with E-state index in [0.717, 1.165) is 18.2 Å². The van der Waals surface area contributed by atoms with Crippen molar-refractivity contribution in [3.05, 3.63) is 64.7 Å². The molecule has 0 bridgehead atoms. The zero-order valence-corrected chi connectivity index (χ0v) is 13.3. The number of benzene rings is 2. The van der Waals surface area contributed by atoms with Gasteiger partial charge in [0.1, 0.15) is 6.10 Å². The maximum absolute atomic E-state index is 13.5. The van der Waals surface area contributed by atoms with Gasteiger partial charge in [0.2, 0.25) is 0 Å². The highest BCUT2D eigenvalue weighted by Crippen LogP contribution is 2.38. The first-order valence-electron chi connectivity index (χ1n) is 7.74. The third-order valence-corrected chi connectivity index (χ3v) is 4.16. The Morgan fingerprint density at radius 1 is 1.08 bits per heavy atom. The van der Waals surface area contributed by atoms with Crippen molar-refractivity contribution in [2.75, 3.05) is 11.9 Å². The summed E-state index contributed by atoms with van der Waals surface area (Å²) in [7, 11) is 0. The predicted molar refractivity (Wildman–Crippen MR) is 83.2 cm³/mol. The molecule has 2 aromatic carbocycles. The molecule has 1 aliphatic rings. The van der Waals surface area contributed by atoms with Crippen molar-refractivity contribution in [3.8, 4) is 6.07 Å². The number of anilines is 1. The van der Waals surface area contributed by atoms with E-state index in [4.69, 9.17) is 10.00 Å². The second-order valence-corrected chi connectivity index (χ2v) is 5.87. The Kier molecular flexibility index (Phi) is 4.83. The van der Waals surface area contributed by atoms with Crippen molar-refractivity contribution in [1.82, 2.24) is 0 Å². The zero-order valence-electron chi connectivity index (χ0n) is 13.3. The number of hydrogen-bond donors (Lipinski definition) is 1. The molecule has 2 atom stereocenters. The monoisotopic (exact) mass is 368 g/mol. The summed E-state index contributed by atoms with van der Waals surface area (Å²) in [6, 6.07) is 7.61. The highest BCUT2D eigenvalue weighted by atomic mass is 19.4. The van der Waals surface area contributed by atoms with Gasteiger partial charge in [-0.2, -0.15) is 18.4 Å². The summed E-state index contributed by atoms with van der Waals surface area (Å²) in [5.41, 5.74) is -0.934. The van der Waals surface area contributed by atoms with Gasteiger partial charge in [0, 0.05) is 12.3 Å². The lowest BCUT2D eigenvalue weighted by Gasteiger charge is -2.23. The van der Waals surface area contributed by atoms with Gasteiger partial charge in [-0.15, -0.1) is 0 Å². The van der Waals surface area contributed by atoms with E-state index >= 15 is 0 Å². The van der Waals surface area contributed by atoms with Gasteiger partial charge in [-0.1, -0.05) is 6.07 Å². The van der Waals surface area contributed by atoms with Crippen LogP contribution < -0.4 is 5.32 Å². The van der Waals surface area contributed by atoms with E-state index in [2.05, 4.69) is 5.32 Å². The van der Waals surface area contributed by atoms with Crippen LogP contribution >= 0.6 is 0 Å². The number of hydrogen-bond acceptors (Lipinski definition) is 3. The van der Waals surface area contributed by atoms with Crippen LogP contribution in [-0.2, 0) is 10.9 Å². The minimum absolute atomic E-state index is 0.109. The lowest BCUT2D eigenvalue weighted by Crippen LogP contribution is -2.25. The SMILES string of the molecule is N#Cc1ccc(NC2CCOC2c2ccc(F)c(F)c2)c(C(F)(F)F)c1. The molecular formula is C18H13F5N2O. The lowest BCUT2D eigenvalue weighted by atomic mass is 10.0. The fraction of sp³-hybridized carbons (Fsp3) is 0.278. The molecule has 0 radical (unpaired) electrons. The van der Waals surface area contributed by atoms with Crippen molar-refractivity contribution in [2.24, 2.45) is 0 Å². The van der Waals surface area contributed by atoms with Gasteiger partial charge in [-0.05, 0) is 42.3 Å². The molecule has 26 heavy (non-hydrogen) atoms. The average molecular weight is 368 g/mol. The summed E-state index contributed by atoms with van der Waals surface area (Å²) < 4.78 is 71.9. The Hall–Kier alpha value is -2.66. The molecule has 0 saturated carbocycles. The van der Waals surface area contributed by atoms with E-state index in [-0.39, 0.29) is 17.9 Å². The summed E-state index contributed by atoms with van der Waals surface area (Å²) in [6.07, 6.45) is -4.98. The Bertz CT molecular complexity index is 860. The Morgan fingerprint density at radius 2 is 1.85 bits per heavy atom. The van der Waals surface area contributed by atoms with Crippen LogP contribution in [0.15, 0.2) is 36.4 Å². The standard InChI is InChI=1S/C18H13F5N2O/c19-13-3-2-11(8-14(13)20)17-16(5-6-26-17)25-15-4-1-10(9-24)7-12(15)18(21,22)23/h1-4,7-8,16-17,25H,5-6H2. The molecule has 8 heteroatoms. The lowest BCUT2D eigenvalue weighted by molar-refractivity contribution is -0.137. The molecule has 1 heterocycles. The summed E-state index contributed by atoms with van der Waals surface area (Å²) in [5.74, 6) is -2.06. The van der Waals surface area contributed by atoms with Crippen molar-refractivity contribution >= 4 is 5.69 Å². The van der Waals surface area contributed by atoms with Gasteiger partial charge >= 0.3 is 6.18 Å². The Morgan fingerprint density at radius 3 is 2.50 bits per heavy atom. The number of rotatable bonds is 3. The fourth-order valence-corrected chi connectivity index (χ4v) is 2.93. The molecule has 1 saturated heterocycles. The topological polar surface area (TPSA) is 45.0 Å². The van der Waals surface area contributed by atoms with E-state index < -0.39 is 35.5 Å². The van der Waals surface area contributed by atoms with Crippen molar-refractivity contribution in [1.29, 1.82) is 5.26 Å². The summed E-state index contributed by atoms with van der Waals surface area (Å²) >= 11 is 0. The van der Waals surface area contributed by atoms with Crippen molar-refractivity contribution in [3.63, 3.8) is 0 Å². The second kappa shape index (κ2) is 6.92.